The van der Waals surface area contributed by atoms with Gasteiger partial charge in [-0.3, -0.25) is 14.9 Å². The lowest BCUT2D eigenvalue weighted by Gasteiger charge is -2.37. The highest BCUT2D eigenvalue weighted by atomic mass is 16.5. The fourth-order valence-electron chi connectivity index (χ4n) is 3.38. The molecule has 2 aliphatic rings. The van der Waals surface area contributed by atoms with Crippen LogP contribution < -0.4 is 10.1 Å². The van der Waals surface area contributed by atoms with E-state index in [0.717, 1.165) is 26.2 Å². The number of esters is 1. The third-order valence-electron chi connectivity index (χ3n) is 4.90. The zero-order chi connectivity index (χ0) is 19.4. The number of benzene rings is 1. The molecule has 1 fully saturated rings. The molecular formula is C19H26N4O4. The average Bonchev–Trinajstić information content (AvgIpc) is 2.68. The molecule has 8 heteroatoms. The van der Waals surface area contributed by atoms with Crippen molar-refractivity contribution in [2.75, 3.05) is 46.9 Å². The Balaban J connectivity index is 1.99. The van der Waals surface area contributed by atoms with Crippen molar-refractivity contribution in [3.63, 3.8) is 0 Å². The van der Waals surface area contributed by atoms with Crippen LogP contribution in [0.4, 0.5) is 0 Å². The van der Waals surface area contributed by atoms with E-state index in [1.165, 1.54) is 0 Å². The quantitative estimate of drug-likeness (QED) is 0.615. The lowest BCUT2D eigenvalue weighted by molar-refractivity contribution is -0.153. The monoisotopic (exact) mass is 374 g/mol. The third-order valence-corrected chi connectivity index (χ3v) is 4.90. The Morgan fingerprint density at radius 1 is 1.26 bits per heavy atom. The largest absolute Gasteiger partial charge is 0.496 e. The van der Waals surface area contributed by atoms with E-state index >= 15 is 0 Å². The molecule has 0 saturated carbocycles. The molecule has 0 bridgehead atoms. The van der Waals surface area contributed by atoms with E-state index in [9.17, 15) is 9.59 Å². The van der Waals surface area contributed by atoms with Crippen LogP contribution in [-0.4, -0.2) is 74.6 Å². The van der Waals surface area contributed by atoms with Crippen LogP contribution in [0.5, 0.6) is 5.75 Å². The van der Waals surface area contributed by atoms with Crippen LogP contribution in [0.1, 0.15) is 18.5 Å². The van der Waals surface area contributed by atoms with Crippen LogP contribution in [0.2, 0.25) is 0 Å². The molecule has 2 aliphatic heterocycles. The van der Waals surface area contributed by atoms with Crippen LogP contribution in [0.25, 0.3) is 0 Å². The van der Waals surface area contributed by atoms with Crippen LogP contribution in [0.3, 0.4) is 0 Å². The highest BCUT2D eigenvalue weighted by Gasteiger charge is 2.43. The minimum absolute atomic E-state index is 0.205. The Morgan fingerprint density at radius 2 is 1.96 bits per heavy atom. The van der Waals surface area contributed by atoms with Gasteiger partial charge in [0.2, 0.25) is 11.9 Å². The number of guanidine groups is 1. The summed E-state index contributed by atoms with van der Waals surface area (Å²) in [5.74, 6) is -0.921. The van der Waals surface area contributed by atoms with Gasteiger partial charge in [-0.25, -0.2) is 4.99 Å². The molecule has 1 saturated heterocycles. The van der Waals surface area contributed by atoms with Crippen LogP contribution in [-0.2, 0) is 14.3 Å². The first kappa shape index (κ1) is 19.2. The highest BCUT2D eigenvalue weighted by Crippen LogP contribution is 2.36. The van der Waals surface area contributed by atoms with E-state index in [1.54, 1.807) is 20.1 Å². The summed E-state index contributed by atoms with van der Waals surface area (Å²) in [7, 11) is 3.62. The molecule has 1 aromatic rings. The number of methoxy groups -OCH3 is 1. The predicted molar refractivity (Wildman–Crippen MR) is 101 cm³/mol. The van der Waals surface area contributed by atoms with Gasteiger partial charge in [0, 0.05) is 31.7 Å². The fraction of sp³-hybridized carbons (Fsp3) is 0.526. The van der Waals surface area contributed by atoms with Crippen molar-refractivity contribution in [2.24, 2.45) is 10.9 Å². The molecule has 0 aromatic heterocycles. The molecule has 1 amide bonds. The second-order valence-corrected chi connectivity index (χ2v) is 6.65. The summed E-state index contributed by atoms with van der Waals surface area (Å²) in [5, 5.41) is 2.80. The summed E-state index contributed by atoms with van der Waals surface area (Å²) in [5.41, 5.74) is 0.694. The first-order valence-corrected chi connectivity index (χ1v) is 9.16. The van der Waals surface area contributed by atoms with Crippen molar-refractivity contribution in [3.05, 3.63) is 29.8 Å². The number of piperazine rings is 1. The number of amides is 1. The van der Waals surface area contributed by atoms with Gasteiger partial charge in [-0.05, 0) is 20.0 Å². The van der Waals surface area contributed by atoms with Crippen molar-refractivity contribution in [1.29, 1.82) is 0 Å². The van der Waals surface area contributed by atoms with Gasteiger partial charge in [0.05, 0.1) is 13.7 Å². The summed E-state index contributed by atoms with van der Waals surface area (Å²) in [4.78, 5) is 34.4. The maximum atomic E-state index is 12.8. The molecule has 3 rings (SSSR count). The maximum absolute atomic E-state index is 12.8. The van der Waals surface area contributed by atoms with Gasteiger partial charge in [-0.2, -0.15) is 0 Å². The van der Waals surface area contributed by atoms with E-state index < -0.39 is 23.8 Å². The zero-order valence-corrected chi connectivity index (χ0v) is 16.0. The molecule has 2 heterocycles. The minimum atomic E-state index is -1.04. The standard InChI is InChI=1S/C19H26N4O4/c1-4-27-18(25)15-16(13-7-5-6-8-14(13)26-3)20-19(21-17(15)24)23-11-9-22(2)10-12-23/h5-8,15-16H,4,9-12H2,1-3H3,(H,20,21,24)/t15-,16-/m0/s1. The number of carbonyl (C=O) groups excluding carboxylic acids is 2. The van der Waals surface area contributed by atoms with E-state index in [0.29, 0.717) is 17.3 Å². The fourth-order valence-corrected chi connectivity index (χ4v) is 3.38. The Bertz CT molecular complexity index is 728. The smallest absolute Gasteiger partial charge is 0.321 e. The van der Waals surface area contributed by atoms with Gasteiger partial charge in [0.1, 0.15) is 11.8 Å². The molecule has 0 aliphatic carbocycles. The Labute approximate surface area is 159 Å². The van der Waals surface area contributed by atoms with Gasteiger partial charge in [-0.15, -0.1) is 0 Å². The van der Waals surface area contributed by atoms with E-state index in [-0.39, 0.29) is 6.61 Å². The normalized spacial score (nSPS) is 23.4. The summed E-state index contributed by atoms with van der Waals surface area (Å²) in [6, 6.07) is 6.63. The number of hydrogen-bond donors (Lipinski definition) is 1. The highest BCUT2D eigenvalue weighted by molar-refractivity contribution is 6.08. The number of carbonyl (C=O) groups is 2. The van der Waals surface area contributed by atoms with Crippen molar-refractivity contribution < 1.29 is 19.1 Å². The van der Waals surface area contributed by atoms with Gasteiger partial charge < -0.3 is 19.3 Å². The lowest BCUT2D eigenvalue weighted by Crippen LogP contribution is -2.56. The second-order valence-electron chi connectivity index (χ2n) is 6.65. The number of para-hydroxylation sites is 1. The Kier molecular flexibility index (Phi) is 5.95. The summed E-state index contributed by atoms with van der Waals surface area (Å²) in [6.45, 7) is 5.22. The summed E-state index contributed by atoms with van der Waals surface area (Å²) >= 11 is 0. The molecule has 0 spiro atoms. The molecule has 27 heavy (non-hydrogen) atoms. The van der Waals surface area contributed by atoms with E-state index in [1.807, 2.05) is 23.1 Å². The molecule has 1 aromatic carbocycles. The number of hydrogen-bond acceptors (Lipinski definition) is 7. The van der Waals surface area contributed by atoms with Crippen LogP contribution in [0.15, 0.2) is 29.3 Å². The molecule has 2 atom stereocenters. The molecule has 146 valence electrons. The summed E-state index contributed by atoms with van der Waals surface area (Å²) in [6.07, 6.45) is 0. The first-order valence-electron chi connectivity index (χ1n) is 9.16. The number of ether oxygens (including phenoxy) is 2. The van der Waals surface area contributed by atoms with Crippen molar-refractivity contribution in [2.45, 2.75) is 13.0 Å². The Morgan fingerprint density at radius 3 is 2.63 bits per heavy atom. The van der Waals surface area contributed by atoms with Gasteiger partial charge in [0.15, 0.2) is 5.92 Å². The number of aliphatic imine (C=N–C) groups is 1. The van der Waals surface area contributed by atoms with Gasteiger partial charge in [0.25, 0.3) is 0 Å². The Hall–Kier alpha value is -2.61. The van der Waals surface area contributed by atoms with E-state index in [4.69, 9.17) is 14.5 Å². The molecule has 0 radical (unpaired) electrons. The number of nitrogens with zero attached hydrogens (tertiary/aromatic N) is 3. The van der Waals surface area contributed by atoms with Crippen molar-refractivity contribution >= 4 is 17.8 Å². The topological polar surface area (TPSA) is 83.5 Å². The molecule has 8 nitrogen and oxygen atoms in total. The molecule has 0 unspecified atom stereocenters. The number of rotatable bonds is 4. The average molecular weight is 374 g/mol. The molecular weight excluding hydrogens is 348 g/mol. The van der Waals surface area contributed by atoms with Crippen molar-refractivity contribution in [3.8, 4) is 5.75 Å². The van der Waals surface area contributed by atoms with E-state index in [2.05, 4.69) is 17.3 Å². The molecule has 1 N–H and O–H groups in total. The second kappa shape index (κ2) is 8.39. The first-order chi connectivity index (χ1) is 13.0. The minimum Gasteiger partial charge on any atom is -0.496 e. The predicted octanol–water partition coefficient (Wildman–Crippen LogP) is 0.649. The van der Waals surface area contributed by atoms with Gasteiger partial charge >= 0.3 is 5.97 Å². The van der Waals surface area contributed by atoms with Crippen LogP contribution in [0, 0.1) is 5.92 Å². The maximum Gasteiger partial charge on any atom is 0.321 e. The SMILES string of the molecule is CCOC(=O)[C@@H]1C(=O)NC(N2CCN(C)CC2)=N[C@H]1c1ccccc1OC. The third kappa shape index (κ3) is 4.05. The van der Waals surface area contributed by atoms with Crippen LogP contribution >= 0.6 is 0 Å². The van der Waals surface area contributed by atoms with Crippen molar-refractivity contribution in [1.82, 2.24) is 15.1 Å². The number of nitrogens with one attached hydrogen (secondary N) is 1. The number of likely N-dealkylation sites (N-methyl/N-ethyl adjacent to an activating group) is 1. The summed E-state index contributed by atoms with van der Waals surface area (Å²) < 4.78 is 10.6. The lowest BCUT2D eigenvalue weighted by atomic mass is 9.90. The zero-order valence-electron chi connectivity index (χ0n) is 16.0. The van der Waals surface area contributed by atoms with Gasteiger partial charge in [-0.1, -0.05) is 18.2 Å².